The van der Waals surface area contributed by atoms with Crippen LogP contribution in [0.15, 0.2) is 30.3 Å². The minimum Gasteiger partial charge on any atom is -0.336 e. The fourth-order valence-corrected chi connectivity index (χ4v) is 2.71. The minimum atomic E-state index is 0.0358. The number of nitrogens with zero attached hydrogens (tertiary/aromatic N) is 1. The predicted molar refractivity (Wildman–Crippen MR) is 74.2 cm³/mol. The third-order valence-electron chi connectivity index (χ3n) is 3.62. The number of rotatable bonds is 6. The molecule has 4 nitrogen and oxygen atoms in total. The molecular formula is C15H22N2O2. The van der Waals surface area contributed by atoms with E-state index in [9.17, 15) is 4.79 Å². The first-order chi connectivity index (χ1) is 9.26. The van der Waals surface area contributed by atoms with Crippen LogP contribution in [-0.4, -0.2) is 30.5 Å². The SMILES string of the molecule is CCCC1C(=O)N(Cc2ccccc2)CC1NOC. The Morgan fingerprint density at radius 3 is 2.74 bits per heavy atom. The zero-order valence-electron chi connectivity index (χ0n) is 11.6. The summed E-state index contributed by atoms with van der Waals surface area (Å²) >= 11 is 0. The Balaban J connectivity index is 2.04. The summed E-state index contributed by atoms with van der Waals surface area (Å²) in [6.45, 7) is 3.50. The van der Waals surface area contributed by atoms with Gasteiger partial charge < -0.3 is 9.74 Å². The third kappa shape index (κ3) is 3.33. The lowest BCUT2D eigenvalue weighted by molar-refractivity contribution is -0.132. The Morgan fingerprint density at radius 2 is 2.11 bits per heavy atom. The van der Waals surface area contributed by atoms with E-state index in [0.717, 1.165) is 12.8 Å². The quantitative estimate of drug-likeness (QED) is 0.797. The van der Waals surface area contributed by atoms with Gasteiger partial charge in [0.25, 0.3) is 0 Å². The molecule has 1 N–H and O–H groups in total. The van der Waals surface area contributed by atoms with Crippen LogP contribution in [0.5, 0.6) is 0 Å². The van der Waals surface area contributed by atoms with Gasteiger partial charge in [-0.3, -0.25) is 4.79 Å². The van der Waals surface area contributed by atoms with Crippen molar-refractivity contribution in [3.63, 3.8) is 0 Å². The van der Waals surface area contributed by atoms with E-state index in [-0.39, 0.29) is 17.9 Å². The van der Waals surface area contributed by atoms with Crippen LogP contribution in [0, 0.1) is 5.92 Å². The van der Waals surface area contributed by atoms with Gasteiger partial charge in [-0.05, 0) is 12.0 Å². The van der Waals surface area contributed by atoms with Crippen molar-refractivity contribution in [2.75, 3.05) is 13.7 Å². The highest BCUT2D eigenvalue weighted by Crippen LogP contribution is 2.24. The maximum absolute atomic E-state index is 12.4. The summed E-state index contributed by atoms with van der Waals surface area (Å²) in [5, 5.41) is 0. The van der Waals surface area contributed by atoms with E-state index >= 15 is 0 Å². The summed E-state index contributed by atoms with van der Waals surface area (Å²) in [7, 11) is 1.60. The Labute approximate surface area is 114 Å². The van der Waals surface area contributed by atoms with Gasteiger partial charge in [0, 0.05) is 13.1 Å². The van der Waals surface area contributed by atoms with E-state index in [4.69, 9.17) is 4.84 Å². The number of hydroxylamine groups is 1. The van der Waals surface area contributed by atoms with Crippen molar-refractivity contribution >= 4 is 5.91 Å². The van der Waals surface area contributed by atoms with Crippen molar-refractivity contribution < 1.29 is 9.63 Å². The highest BCUT2D eigenvalue weighted by Gasteiger charge is 2.39. The summed E-state index contributed by atoms with van der Waals surface area (Å²) in [6, 6.07) is 10.2. The standard InChI is InChI=1S/C15H22N2O2/c1-3-7-13-14(16-19-2)11-17(15(13)18)10-12-8-5-4-6-9-12/h4-6,8-9,13-14,16H,3,7,10-11H2,1-2H3. The van der Waals surface area contributed by atoms with Crippen molar-refractivity contribution in [3.05, 3.63) is 35.9 Å². The monoisotopic (exact) mass is 262 g/mol. The predicted octanol–water partition coefficient (Wildman–Crippen LogP) is 1.96. The van der Waals surface area contributed by atoms with E-state index in [1.807, 2.05) is 23.1 Å². The van der Waals surface area contributed by atoms with Gasteiger partial charge in [0.15, 0.2) is 0 Å². The molecule has 1 saturated heterocycles. The van der Waals surface area contributed by atoms with E-state index in [0.29, 0.717) is 13.1 Å². The molecule has 0 spiro atoms. The lowest BCUT2D eigenvalue weighted by atomic mass is 9.98. The van der Waals surface area contributed by atoms with E-state index in [1.54, 1.807) is 7.11 Å². The first kappa shape index (κ1) is 14.0. The van der Waals surface area contributed by atoms with Gasteiger partial charge >= 0.3 is 0 Å². The Bertz CT molecular complexity index is 408. The summed E-state index contributed by atoms with van der Waals surface area (Å²) in [5.74, 6) is 0.272. The average molecular weight is 262 g/mol. The molecular weight excluding hydrogens is 240 g/mol. The fourth-order valence-electron chi connectivity index (χ4n) is 2.71. The zero-order chi connectivity index (χ0) is 13.7. The number of nitrogens with one attached hydrogen (secondary N) is 1. The molecule has 0 aromatic heterocycles. The van der Waals surface area contributed by atoms with Gasteiger partial charge in [-0.1, -0.05) is 43.7 Å². The largest absolute Gasteiger partial charge is 0.336 e. The van der Waals surface area contributed by atoms with Gasteiger partial charge in [-0.2, -0.15) is 5.48 Å². The summed E-state index contributed by atoms with van der Waals surface area (Å²) in [6.07, 6.45) is 1.92. The van der Waals surface area contributed by atoms with E-state index < -0.39 is 0 Å². The van der Waals surface area contributed by atoms with Crippen LogP contribution in [0.3, 0.4) is 0 Å². The topological polar surface area (TPSA) is 41.6 Å². The van der Waals surface area contributed by atoms with Crippen molar-refractivity contribution in [3.8, 4) is 0 Å². The van der Waals surface area contributed by atoms with Crippen molar-refractivity contribution in [2.24, 2.45) is 5.92 Å². The van der Waals surface area contributed by atoms with Gasteiger partial charge in [0.1, 0.15) is 0 Å². The van der Waals surface area contributed by atoms with E-state index in [2.05, 4.69) is 24.5 Å². The molecule has 0 aliphatic carbocycles. The molecule has 1 heterocycles. The second-order valence-corrected chi connectivity index (χ2v) is 5.03. The summed E-state index contributed by atoms with van der Waals surface area (Å²) < 4.78 is 0. The molecule has 1 aliphatic rings. The number of hydrogen-bond acceptors (Lipinski definition) is 3. The van der Waals surface area contributed by atoms with Crippen molar-refractivity contribution in [1.29, 1.82) is 0 Å². The van der Waals surface area contributed by atoms with Crippen LogP contribution in [-0.2, 0) is 16.2 Å². The third-order valence-corrected chi connectivity index (χ3v) is 3.62. The highest BCUT2D eigenvalue weighted by molar-refractivity contribution is 5.82. The molecule has 19 heavy (non-hydrogen) atoms. The van der Waals surface area contributed by atoms with Crippen LogP contribution in [0.25, 0.3) is 0 Å². The number of benzene rings is 1. The summed E-state index contributed by atoms with van der Waals surface area (Å²) in [5.41, 5.74) is 4.13. The van der Waals surface area contributed by atoms with Crippen LogP contribution >= 0.6 is 0 Å². The van der Waals surface area contributed by atoms with Crippen LogP contribution in [0.4, 0.5) is 0 Å². The van der Waals surface area contributed by atoms with Gasteiger partial charge in [-0.15, -0.1) is 0 Å². The molecule has 1 amide bonds. The van der Waals surface area contributed by atoms with Crippen molar-refractivity contribution in [1.82, 2.24) is 10.4 Å². The van der Waals surface area contributed by atoms with Gasteiger partial charge in [-0.25, -0.2) is 0 Å². The van der Waals surface area contributed by atoms with Crippen LogP contribution < -0.4 is 5.48 Å². The lowest BCUT2D eigenvalue weighted by Gasteiger charge is -2.16. The highest BCUT2D eigenvalue weighted by atomic mass is 16.6. The second-order valence-electron chi connectivity index (χ2n) is 5.03. The zero-order valence-corrected chi connectivity index (χ0v) is 11.6. The van der Waals surface area contributed by atoms with E-state index in [1.165, 1.54) is 5.56 Å². The molecule has 104 valence electrons. The number of hydrogen-bond donors (Lipinski definition) is 1. The lowest BCUT2D eigenvalue weighted by Crippen LogP contribution is -2.35. The normalized spacial score (nSPS) is 23.1. The van der Waals surface area contributed by atoms with Crippen LogP contribution in [0.2, 0.25) is 0 Å². The van der Waals surface area contributed by atoms with Crippen LogP contribution in [0.1, 0.15) is 25.3 Å². The molecule has 2 unspecified atom stereocenters. The average Bonchev–Trinajstić information content (AvgIpc) is 2.70. The Kier molecular flexibility index (Phi) is 4.93. The first-order valence-electron chi connectivity index (χ1n) is 6.87. The molecule has 1 aromatic carbocycles. The molecule has 1 aromatic rings. The minimum absolute atomic E-state index is 0.0358. The number of carbonyl (C=O) groups excluding carboxylic acids is 1. The molecule has 1 fully saturated rings. The molecule has 0 saturated carbocycles. The second kappa shape index (κ2) is 6.68. The van der Waals surface area contributed by atoms with Gasteiger partial charge in [0.2, 0.25) is 5.91 Å². The molecule has 0 bridgehead atoms. The Hall–Kier alpha value is -1.39. The van der Waals surface area contributed by atoms with Crippen molar-refractivity contribution in [2.45, 2.75) is 32.4 Å². The fraction of sp³-hybridized carbons (Fsp3) is 0.533. The molecule has 2 rings (SSSR count). The number of carbonyl (C=O) groups is 1. The maximum atomic E-state index is 12.4. The summed E-state index contributed by atoms with van der Waals surface area (Å²) in [4.78, 5) is 19.4. The van der Waals surface area contributed by atoms with Gasteiger partial charge in [0.05, 0.1) is 19.1 Å². The molecule has 2 atom stereocenters. The smallest absolute Gasteiger partial charge is 0.227 e. The number of likely N-dealkylation sites (tertiary alicyclic amines) is 1. The molecule has 0 radical (unpaired) electrons. The number of amides is 1. The maximum Gasteiger partial charge on any atom is 0.227 e. The Morgan fingerprint density at radius 1 is 1.37 bits per heavy atom. The molecule has 4 heteroatoms. The first-order valence-corrected chi connectivity index (χ1v) is 6.87. The molecule has 1 aliphatic heterocycles.